The summed E-state index contributed by atoms with van der Waals surface area (Å²) in [5, 5.41) is 21.7. The summed E-state index contributed by atoms with van der Waals surface area (Å²) >= 11 is 0. The van der Waals surface area contributed by atoms with E-state index >= 15 is 0 Å². The summed E-state index contributed by atoms with van der Waals surface area (Å²) in [5.41, 5.74) is 3.36. The third kappa shape index (κ3) is 13.3. The first kappa shape index (κ1) is 62.8. The molecule has 26 heteroatoms. The Hall–Kier alpha value is -8.27. The van der Waals surface area contributed by atoms with Crippen LogP contribution in [-0.4, -0.2) is 145 Å². The predicted octanol–water partition coefficient (Wildman–Crippen LogP) is 6.25. The van der Waals surface area contributed by atoms with Crippen molar-refractivity contribution in [2.45, 2.75) is 77.0 Å². The van der Waals surface area contributed by atoms with Crippen LogP contribution in [0.1, 0.15) is 114 Å². The van der Waals surface area contributed by atoms with Gasteiger partial charge in [-0.25, -0.2) is 18.4 Å². The first-order valence-corrected chi connectivity index (χ1v) is 31.8. The maximum atomic E-state index is 13.6. The standard InChI is InChI=1S/C59H64N8O15S3/c1-8-22-66-49(59(6,7)44-32-41(38-20-19-36(85(80,81)82)30-42(38)53(44)66)35-28-47(56(72)62-21-25-84(77,78)79)65-48(29-35)57(73)63-33-51(68)69)17-13-18-50-58(4,5)43-31-40(34-26-45(54(70)60-9-2)64-46(27-34)55(71)61-10-3)37-15-11-12-16-39(37)52(43)67(50)23-14-24-83(74,75)76/h11-13,15-20,26-32H,8-10,14,21-25,33H2,1-7H3,(H7-,60,61,62,63,68,69,70,71,72,73,74,75,76,77,78,79,80,81,82). The molecule has 6 aromatic rings. The van der Waals surface area contributed by atoms with Gasteiger partial charge in [-0.15, -0.1) is 0 Å². The number of aliphatic carboxylic acids is 1. The molecule has 4 aromatic carbocycles. The Morgan fingerprint density at radius 1 is 0.659 bits per heavy atom. The molecule has 85 heavy (non-hydrogen) atoms. The average molecular weight is 1220 g/mol. The minimum atomic E-state index is -4.82. The van der Waals surface area contributed by atoms with E-state index in [1.807, 2.05) is 98.7 Å². The molecule has 448 valence electrons. The van der Waals surface area contributed by atoms with Gasteiger partial charge in [-0.3, -0.25) is 33.1 Å². The molecule has 2 aliphatic rings. The van der Waals surface area contributed by atoms with Crippen LogP contribution in [0.15, 0.2) is 108 Å². The van der Waals surface area contributed by atoms with Gasteiger partial charge in [0, 0.05) is 66.5 Å². The number of nitrogens with zero attached hydrogens (tertiary/aromatic N) is 4. The molecule has 7 N–H and O–H groups in total. The molecule has 0 unspecified atom stereocenters. The van der Waals surface area contributed by atoms with Crippen molar-refractivity contribution >= 4 is 98.6 Å². The molecule has 2 aromatic heterocycles. The van der Waals surface area contributed by atoms with Crippen LogP contribution in [0, 0.1) is 0 Å². The first-order chi connectivity index (χ1) is 39.9. The normalized spacial score (nSPS) is 15.1. The number of pyridine rings is 2. The zero-order valence-corrected chi connectivity index (χ0v) is 50.0. The van der Waals surface area contributed by atoms with Crippen molar-refractivity contribution in [3.63, 3.8) is 0 Å². The number of carbonyl (C=O) groups excluding carboxylic acids is 4. The maximum absolute atomic E-state index is 13.6. The van der Waals surface area contributed by atoms with Crippen LogP contribution in [0.2, 0.25) is 0 Å². The molecule has 2 aliphatic heterocycles. The Morgan fingerprint density at radius 2 is 1.19 bits per heavy atom. The monoisotopic (exact) mass is 1220 g/mol. The molecule has 0 aliphatic carbocycles. The summed E-state index contributed by atoms with van der Waals surface area (Å²) in [7, 11) is -13.9. The minimum absolute atomic E-state index is 0.0305. The van der Waals surface area contributed by atoms with Gasteiger partial charge < -0.3 is 35.8 Å². The maximum Gasteiger partial charge on any atom is 0.322 e. The third-order valence-corrected chi connectivity index (χ3v) is 17.2. The molecular formula is C59H64N8O15S3. The Morgan fingerprint density at radius 3 is 1.71 bits per heavy atom. The Bertz CT molecular complexity index is 4200. The molecule has 0 radical (unpaired) electrons. The highest BCUT2D eigenvalue weighted by molar-refractivity contribution is 7.86. The third-order valence-electron chi connectivity index (χ3n) is 14.8. The van der Waals surface area contributed by atoms with Crippen LogP contribution in [0.4, 0.5) is 11.4 Å². The number of rotatable bonds is 22. The summed E-state index contributed by atoms with van der Waals surface area (Å²) in [4.78, 5) is 75.5. The van der Waals surface area contributed by atoms with Gasteiger partial charge in [0.2, 0.25) is 5.69 Å². The zero-order valence-electron chi connectivity index (χ0n) is 47.6. The van der Waals surface area contributed by atoms with Gasteiger partial charge in [-0.1, -0.05) is 51.1 Å². The van der Waals surface area contributed by atoms with Crippen LogP contribution in [-0.2, 0) is 46.0 Å². The number of amides is 4. The van der Waals surface area contributed by atoms with Crippen molar-refractivity contribution in [3.05, 3.63) is 137 Å². The van der Waals surface area contributed by atoms with E-state index in [0.29, 0.717) is 76.2 Å². The lowest BCUT2D eigenvalue weighted by atomic mass is 9.79. The van der Waals surface area contributed by atoms with E-state index in [9.17, 15) is 68.0 Å². The second kappa shape index (κ2) is 24.4. The Balaban J connectivity index is 1.32. The number of aromatic nitrogens is 2. The van der Waals surface area contributed by atoms with Crippen LogP contribution in [0.25, 0.3) is 43.8 Å². The quantitative estimate of drug-likeness (QED) is 0.0291. The zero-order chi connectivity index (χ0) is 62.1. The molecule has 23 nitrogen and oxygen atoms in total. The van der Waals surface area contributed by atoms with Gasteiger partial charge in [0.15, 0.2) is 5.71 Å². The summed E-state index contributed by atoms with van der Waals surface area (Å²) < 4.78 is 107. The van der Waals surface area contributed by atoms with Crippen LogP contribution < -0.4 is 26.2 Å². The molecule has 0 bridgehead atoms. The highest BCUT2D eigenvalue weighted by Crippen LogP contribution is 2.54. The Labute approximate surface area is 491 Å². The highest BCUT2D eigenvalue weighted by Gasteiger charge is 2.47. The van der Waals surface area contributed by atoms with E-state index < -0.39 is 112 Å². The van der Waals surface area contributed by atoms with Crippen molar-refractivity contribution in [2.24, 2.45) is 0 Å². The first-order valence-electron chi connectivity index (χ1n) is 27.1. The number of carbonyl (C=O) groups is 5. The van der Waals surface area contributed by atoms with E-state index in [2.05, 4.69) is 31.2 Å². The van der Waals surface area contributed by atoms with Crippen molar-refractivity contribution in [3.8, 4) is 22.3 Å². The number of nitrogens with one attached hydrogen (secondary N) is 4. The van der Waals surface area contributed by atoms with Gasteiger partial charge in [0.25, 0.3) is 43.9 Å². The van der Waals surface area contributed by atoms with Crippen molar-refractivity contribution in [2.75, 3.05) is 55.7 Å². The molecule has 8 rings (SSSR count). The second-order valence-corrected chi connectivity index (χ2v) is 25.9. The van der Waals surface area contributed by atoms with Gasteiger partial charge in [-0.05, 0) is 133 Å². The average Bonchev–Trinajstić information content (AvgIpc) is 1.70. The lowest BCUT2D eigenvalue weighted by Gasteiger charge is -2.27. The van der Waals surface area contributed by atoms with Crippen LogP contribution >= 0.6 is 0 Å². The largest absolute Gasteiger partial charge is 0.748 e. The minimum Gasteiger partial charge on any atom is -0.748 e. The summed E-state index contributed by atoms with van der Waals surface area (Å²) in [6.07, 6.45) is 6.19. The van der Waals surface area contributed by atoms with E-state index in [-0.39, 0.29) is 29.9 Å². The fraction of sp³-hybridized carbons (Fsp3) is 0.322. The van der Waals surface area contributed by atoms with E-state index in [1.165, 1.54) is 30.3 Å². The number of allylic oxidation sites excluding steroid dienone is 4. The summed E-state index contributed by atoms with van der Waals surface area (Å²) in [6.45, 7) is 13.1. The summed E-state index contributed by atoms with van der Waals surface area (Å²) in [6, 6.07) is 21.2. The van der Waals surface area contributed by atoms with Crippen LogP contribution in [0.3, 0.4) is 0 Å². The van der Waals surface area contributed by atoms with Gasteiger partial charge in [-0.2, -0.15) is 21.4 Å². The predicted molar refractivity (Wildman–Crippen MR) is 319 cm³/mol. The Kier molecular flexibility index (Phi) is 18.0. The molecule has 0 atom stereocenters. The molecule has 4 amide bonds. The molecule has 0 fully saturated rings. The van der Waals surface area contributed by atoms with Crippen molar-refractivity contribution in [1.29, 1.82) is 0 Å². The number of benzene rings is 4. The molecule has 0 spiro atoms. The lowest BCUT2D eigenvalue weighted by molar-refractivity contribution is -0.435. The smallest absolute Gasteiger partial charge is 0.322 e. The van der Waals surface area contributed by atoms with E-state index in [1.54, 1.807) is 26.0 Å². The topological polar surface area (TPSA) is 352 Å². The number of anilines is 1. The van der Waals surface area contributed by atoms with E-state index in [0.717, 1.165) is 22.0 Å². The molecular weight excluding hydrogens is 1160 g/mol. The number of hydrogen-bond acceptors (Lipinski definition) is 15. The second-order valence-electron chi connectivity index (χ2n) is 21.4. The number of carboxylic acids is 1. The lowest BCUT2D eigenvalue weighted by Crippen LogP contribution is -2.32. The van der Waals surface area contributed by atoms with E-state index in [4.69, 9.17) is 0 Å². The van der Waals surface area contributed by atoms with Crippen molar-refractivity contribution in [1.82, 2.24) is 31.2 Å². The highest BCUT2D eigenvalue weighted by atomic mass is 32.2. The van der Waals surface area contributed by atoms with Gasteiger partial charge in [0.1, 0.15) is 35.9 Å². The number of hydrogen-bond donors (Lipinski definition) is 7. The fourth-order valence-electron chi connectivity index (χ4n) is 11.0. The molecule has 0 saturated heterocycles. The van der Waals surface area contributed by atoms with Crippen LogP contribution in [0.5, 0.6) is 0 Å². The summed E-state index contributed by atoms with van der Waals surface area (Å²) in [5.74, 6) is -5.75. The van der Waals surface area contributed by atoms with Gasteiger partial charge in [0.05, 0.1) is 37.3 Å². The molecule has 4 heterocycles. The SMILES string of the molecule is CCCN1/C(=C/C=C/C2=[N+](CCCS(=O)(=O)[O-])c3c(cc(-c4cc(C(=O)NCC)nc(C(=O)NCC)c4)c4ccccc34)C2(C)C)C(C)(C)c2cc(-c3cc(C(=O)NCCS(=O)(=O)O)nc(C(=O)NCC(=O)O)c3)c3ccc(S(=O)(=O)O)cc3c21. The number of carboxylic acid groups (broad SMARTS) is 1. The fourth-order valence-corrected chi connectivity index (χ4v) is 12.3. The van der Waals surface area contributed by atoms with Crippen molar-refractivity contribution < 1.29 is 72.6 Å². The number of fused-ring (bicyclic) bond motifs is 6. The molecule has 0 saturated carbocycles. The van der Waals surface area contributed by atoms with Gasteiger partial charge >= 0.3 is 5.97 Å².